The number of rotatable bonds is 5. The van der Waals surface area contributed by atoms with Gasteiger partial charge in [0.1, 0.15) is 24.9 Å². The van der Waals surface area contributed by atoms with Crippen molar-refractivity contribution in [3.63, 3.8) is 0 Å². The van der Waals surface area contributed by atoms with Crippen LogP contribution in [0.3, 0.4) is 0 Å². The Labute approximate surface area is 172 Å². The minimum absolute atomic E-state index is 0.183. The molecule has 0 aromatic carbocycles. The first-order chi connectivity index (χ1) is 14.3. The number of aromatic amines is 1. The van der Waals surface area contributed by atoms with E-state index in [1.54, 1.807) is 0 Å². The summed E-state index contributed by atoms with van der Waals surface area (Å²) in [7, 11) is 0. The maximum atomic E-state index is 13.0. The first-order valence-corrected chi connectivity index (χ1v) is 10.6. The first kappa shape index (κ1) is 19.8. The number of esters is 1. The lowest BCUT2D eigenvalue weighted by atomic mass is 9.49. The minimum Gasteiger partial charge on any atom is -0.504 e. The Morgan fingerprint density at radius 1 is 1.17 bits per heavy atom. The van der Waals surface area contributed by atoms with E-state index in [-0.39, 0.29) is 24.0 Å². The van der Waals surface area contributed by atoms with E-state index < -0.39 is 35.9 Å². The number of aromatic hydroxyl groups is 1. The zero-order valence-electron chi connectivity index (χ0n) is 16.5. The second kappa shape index (κ2) is 7.21. The van der Waals surface area contributed by atoms with Crippen LogP contribution in [-0.2, 0) is 14.3 Å². The van der Waals surface area contributed by atoms with E-state index in [1.807, 2.05) is 0 Å². The molecule has 1 aromatic heterocycles. The van der Waals surface area contributed by atoms with Gasteiger partial charge in [-0.05, 0) is 56.3 Å². The standard InChI is InChI=1S/C20H27N3O7/c24-12-7-21-23-14(12)17(27)22-18-16(26)15(25)13(30-18)8-29-19(28)20-4-9-1-10(5-20)3-11(2-9)6-20/h7,9-11,13,15-16,18,24-26H,1-6,8H2,(H,21,23)(H,22,27)/t9?,10?,11?,13-,15-,16-,18?,20?/m1/s1. The third-order valence-corrected chi connectivity index (χ3v) is 7.33. The van der Waals surface area contributed by atoms with Gasteiger partial charge in [0, 0.05) is 0 Å². The highest BCUT2D eigenvalue weighted by Gasteiger charge is 2.56. The van der Waals surface area contributed by atoms with Gasteiger partial charge in [-0.2, -0.15) is 5.10 Å². The maximum absolute atomic E-state index is 13.0. The predicted molar refractivity (Wildman–Crippen MR) is 100.0 cm³/mol. The number of hydrogen-bond donors (Lipinski definition) is 5. The number of H-pyrrole nitrogens is 1. The van der Waals surface area contributed by atoms with Crippen molar-refractivity contribution >= 4 is 11.9 Å². The molecule has 10 heteroatoms. The summed E-state index contributed by atoms with van der Waals surface area (Å²) in [5.74, 6) is 0.503. The van der Waals surface area contributed by atoms with Crippen LogP contribution in [0.4, 0.5) is 0 Å². The summed E-state index contributed by atoms with van der Waals surface area (Å²) in [4.78, 5) is 25.1. The van der Waals surface area contributed by atoms with Crippen LogP contribution in [0.2, 0.25) is 0 Å². The Morgan fingerprint density at radius 2 is 1.80 bits per heavy atom. The minimum atomic E-state index is -1.40. The van der Waals surface area contributed by atoms with E-state index in [0.717, 1.165) is 25.5 Å². The van der Waals surface area contributed by atoms with E-state index in [4.69, 9.17) is 9.47 Å². The van der Waals surface area contributed by atoms with E-state index in [2.05, 4.69) is 15.5 Å². The van der Waals surface area contributed by atoms with E-state index in [1.165, 1.54) is 19.3 Å². The molecule has 4 saturated carbocycles. The molecular weight excluding hydrogens is 394 g/mol. The predicted octanol–water partition coefficient (Wildman–Crippen LogP) is 0.0514. The summed E-state index contributed by atoms with van der Waals surface area (Å²) in [5.41, 5.74) is -0.597. The fraction of sp³-hybridized carbons (Fsp3) is 0.750. The van der Waals surface area contributed by atoms with Crippen molar-refractivity contribution in [1.29, 1.82) is 0 Å². The fourth-order valence-electron chi connectivity index (χ4n) is 6.33. The molecule has 4 bridgehead atoms. The molecule has 1 unspecified atom stereocenters. The van der Waals surface area contributed by atoms with Gasteiger partial charge in [0.05, 0.1) is 11.6 Å². The largest absolute Gasteiger partial charge is 0.504 e. The molecule has 6 rings (SSSR count). The average molecular weight is 421 g/mol. The molecule has 30 heavy (non-hydrogen) atoms. The number of aliphatic hydroxyl groups excluding tert-OH is 2. The smallest absolute Gasteiger partial charge is 0.312 e. The van der Waals surface area contributed by atoms with Crippen LogP contribution in [-0.4, -0.2) is 68.5 Å². The van der Waals surface area contributed by atoms with Crippen LogP contribution in [0.15, 0.2) is 6.20 Å². The molecule has 2 heterocycles. The van der Waals surface area contributed by atoms with Crippen molar-refractivity contribution in [3.05, 3.63) is 11.9 Å². The summed E-state index contributed by atoms with van der Waals surface area (Å²) in [6.07, 6.45) is 2.46. The molecule has 164 valence electrons. The number of carbonyl (C=O) groups excluding carboxylic acids is 2. The van der Waals surface area contributed by atoms with Crippen LogP contribution in [0.5, 0.6) is 5.75 Å². The first-order valence-electron chi connectivity index (χ1n) is 10.6. The molecule has 5 aliphatic rings. The van der Waals surface area contributed by atoms with Gasteiger partial charge < -0.3 is 30.1 Å². The van der Waals surface area contributed by atoms with Crippen molar-refractivity contribution in [2.45, 2.75) is 63.1 Å². The van der Waals surface area contributed by atoms with Crippen LogP contribution in [0.1, 0.15) is 49.0 Å². The lowest BCUT2D eigenvalue weighted by Crippen LogP contribution is -2.51. The van der Waals surface area contributed by atoms with Gasteiger partial charge in [-0.3, -0.25) is 14.7 Å². The SMILES string of the molecule is O=C(NC1O[C@H](COC(=O)C23CC4CC(CC(C4)C2)C3)[C@@H](O)[C@H]1O)c1[nH]ncc1O. The van der Waals surface area contributed by atoms with Crippen molar-refractivity contribution in [3.8, 4) is 5.75 Å². The highest BCUT2D eigenvalue weighted by molar-refractivity contribution is 5.94. The molecule has 10 nitrogen and oxygen atoms in total. The zero-order chi connectivity index (χ0) is 21.0. The van der Waals surface area contributed by atoms with Crippen molar-refractivity contribution in [2.75, 3.05) is 6.61 Å². The van der Waals surface area contributed by atoms with Crippen molar-refractivity contribution in [2.24, 2.45) is 23.2 Å². The van der Waals surface area contributed by atoms with Gasteiger partial charge >= 0.3 is 5.97 Å². The van der Waals surface area contributed by atoms with Crippen LogP contribution in [0, 0.1) is 23.2 Å². The van der Waals surface area contributed by atoms with Crippen molar-refractivity contribution in [1.82, 2.24) is 15.5 Å². The highest BCUT2D eigenvalue weighted by Crippen LogP contribution is 2.60. The number of hydrogen-bond acceptors (Lipinski definition) is 8. The van der Waals surface area contributed by atoms with E-state index in [9.17, 15) is 24.9 Å². The maximum Gasteiger partial charge on any atom is 0.312 e. The Kier molecular flexibility index (Phi) is 4.75. The number of nitrogens with zero attached hydrogens (tertiary/aromatic N) is 1. The average Bonchev–Trinajstić information content (AvgIpc) is 3.23. The molecule has 0 spiro atoms. The molecule has 4 atom stereocenters. The Hall–Kier alpha value is -2.17. The van der Waals surface area contributed by atoms with Crippen LogP contribution >= 0.6 is 0 Å². The quantitative estimate of drug-likeness (QED) is 0.418. The van der Waals surface area contributed by atoms with Crippen LogP contribution in [0.25, 0.3) is 0 Å². The number of aromatic nitrogens is 2. The number of amides is 1. The summed E-state index contributed by atoms with van der Waals surface area (Å²) in [5, 5.41) is 38.3. The van der Waals surface area contributed by atoms with E-state index >= 15 is 0 Å². The summed E-state index contributed by atoms with van der Waals surface area (Å²) in [6.45, 7) is -0.194. The normalized spacial score (nSPS) is 41.7. The van der Waals surface area contributed by atoms with Crippen LogP contribution < -0.4 is 5.32 Å². The molecule has 5 N–H and O–H groups in total. The number of nitrogens with one attached hydrogen (secondary N) is 2. The summed E-state index contributed by atoms with van der Waals surface area (Å²) < 4.78 is 11.1. The molecule has 5 fully saturated rings. The van der Waals surface area contributed by atoms with Gasteiger partial charge in [-0.1, -0.05) is 0 Å². The molecule has 0 radical (unpaired) electrons. The van der Waals surface area contributed by atoms with Gasteiger partial charge in [0.15, 0.2) is 17.7 Å². The number of ether oxygens (including phenoxy) is 2. The number of aliphatic hydroxyl groups is 2. The second-order valence-electron chi connectivity index (χ2n) is 9.48. The fourth-order valence-corrected chi connectivity index (χ4v) is 6.33. The Balaban J connectivity index is 1.18. The van der Waals surface area contributed by atoms with Crippen molar-refractivity contribution < 1.29 is 34.4 Å². The third kappa shape index (κ3) is 3.27. The molecule has 1 saturated heterocycles. The van der Waals surface area contributed by atoms with Gasteiger partial charge in [-0.25, -0.2) is 0 Å². The molecule has 4 aliphatic carbocycles. The zero-order valence-corrected chi connectivity index (χ0v) is 16.5. The Morgan fingerprint density at radius 3 is 2.37 bits per heavy atom. The second-order valence-corrected chi connectivity index (χ2v) is 9.48. The summed E-state index contributed by atoms with van der Waals surface area (Å²) in [6, 6.07) is 0. The molecular formula is C20H27N3O7. The van der Waals surface area contributed by atoms with Gasteiger partial charge in [-0.15, -0.1) is 0 Å². The van der Waals surface area contributed by atoms with E-state index in [0.29, 0.717) is 17.8 Å². The van der Waals surface area contributed by atoms with Gasteiger partial charge in [0.2, 0.25) is 0 Å². The summed E-state index contributed by atoms with van der Waals surface area (Å²) >= 11 is 0. The lowest BCUT2D eigenvalue weighted by molar-refractivity contribution is -0.176. The number of carbonyl (C=O) groups is 2. The molecule has 1 aliphatic heterocycles. The molecule has 1 amide bonds. The molecule has 1 aromatic rings. The monoisotopic (exact) mass is 421 g/mol. The third-order valence-electron chi connectivity index (χ3n) is 7.33. The topological polar surface area (TPSA) is 154 Å². The highest BCUT2D eigenvalue weighted by atomic mass is 16.6. The lowest BCUT2D eigenvalue weighted by Gasteiger charge is -2.55. The van der Waals surface area contributed by atoms with Gasteiger partial charge in [0.25, 0.3) is 5.91 Å². The Bertz CT molecular complexity index is 805.